The molecule has 2 N–H and O–H groups in total. The summed E-state index contributed by atoms with van der Waals surface area (Å²) in [5.74, 6) is 1.86. The van der Waals surface area contributed by atoms with Crippen molar-refractivity contribution in [3.8, 4) is 11.3 Å². The van der Waals surface area contributed by atoms with Crippen molar-refractivity contribution in [1.29, 1.82) is 0 Å². The molecule has 2 rings (SSSR count). The van der Waals surface area contributed by atoms with Gasteiger partial charge in [-0.3, -0.25) is 14.7 Å². The molecule has 2 aromatic rings. The van der Waals surface area contributed by atoms with Gasteiger partial charge in [0.05, 0.1) is 11.4 Å². The van der Waals surface area contributed by atoms with Crippen LogP contribution in [0.5, 0.6) is 0 Å². The van der Waals surface area contributed by atoms with Crippen molar-refractivity contribution in [1.82, 2.24) is 9.97 Å². The number of allylic oxidation sites excluding steroid dienone is 2. The summed E-state index contributed by atoms with van der Waals surface area (Å²) < 4.78 is 5.82. The molecule has 186 valence electrons. The number of aryl methyl sites for hydroxylation is 2. The Balaban J connectivity index is 2.45. The lowest BCUT2D eigenvalue weighted by molar-refractivity contribution is -0.106. The predicted octanol–water partition coefficient (Wildman–Crippen LogP) is 5.08. The second kappa shape index (κ2) is 12.6. The number of hydrogen-bond donors (Lipinski definition) is 1. The molecule has 0 bridgehead atoms. The minimum atomic E-state index is 0.157. The van der Waals surface area contributed by atoms with E-state index in [0.717, 1.165) is 45.9 Å². The van der Waals surface area contributed by atoms with Crippen molar-refractivity contribution in [3.05, 3.63) is 64.6 Å². The molecule has 0 aliphatic carbocycles. The predicted molar refractivity (Wildman–Crippen MR) is 144 cm³/mol. The minimum Gasteiger partial charge on any atom is -0.471 e. The molecule has 8 heteroatoms. The summed E-state index contributed by atoms with van der Waals surface area (Å²) in [7, 11) is 1.67. The molecule has 1 heterocycles. The third kappa shape index (κ3) is 7.34. The molecule has 0 saturated heterocycles. The van der Waals surface area contributed by atoms with Gasteiger partial charge in [-0.15, -0.1) is 0 Å². The maximum Gasteiger partial charge on any atom is 0.219 e. The van der Waals surface area contributed by atoms with E-state index in [0.29, 0.717) is 17.4 Å². The van der Waals surface area contributed by atoms with E-state index in [1.807, 2.05) is 52.1 Å². The number of aliphatic imine (C=N–C) groups is 2. The molecule has 35 heavy (non-hydrogen) atoms. The van der Waals surface area contributed by atoms with Crippen molar-refractivity contribution >= 4 is 24.1 Å². The summed E-state index contributed by atoms with van der Waals surface area (Å²) >= 11 is 0. The summed E-state index contributed by atoms with van der Waals surface area (Å²) in [4.78, 5) is 31.4. The molecule has 1 amide bonds. The fourth-order valence-corrected chi connectivity index (χ4v) is 3.21. The average Bonchev–Trinajstić information content (AvgIpc) is 2.82. The van der Waals surface area contributed by atoms with Crippen LogP contribution in [-0.2, 0) is 9.53 Å². The first-order valence-corrected chi connectivity index (χ1v) is 11.5. The molecule has 0 aliphatic rings. The van der Waals surface area contributed by atoms with Crippen LogP contribution in [0.25, 0.3) is 11.3 Å². The lowest BCUT2D eigenvalue weighted by atomic mass is 10.0. The zero-order valence-electron chi connectivity index (χ0n) is 22.0. The van der Waals surface area contributed by atoms with Gasteiger partial charge < -0.3 is 10.5 Å². The SMILES string of the molecule is CN=C/C=C(\N)COC(/N=C(/C)N(C=O)c1cc(-c2nc(C(C)C)ncc2C)ccc1C)=C(C)C. The summed E-state index contributed by atoms with van der Waals surface area (Å²) in [6.45, 7) is 13.8. The number of aromatic nitrogens is 2. The Bertz CT molecular complexity index is 1170. The summed E-state index contributed by atoms with van der Waals surface area (Å²) in [5.41, 5.74) is 11.7. The van der Waals surface area contributed by atoms with Crippen molar-refractivity contribution in [2.45, 2.75) is 54.4 Å². The molecule has 0 aliphatic heterocycles. The van der Waals surface area contributed by atoms with Crippen LogP contribution in [0.4, 0.5) is 5.69 Å². The maximum absolute atomic E-state index is 12.2. The number of rotatable bonds is 9. The van der Waals surface area contributed by atoms with E-state index in [-0.39, 0.29) is 12.5 Å². The van der Waals surface area contributed by atoms with Crippen molar-refractivity contribution in [3.63, 3.8) is 0 Å². The van der Waals surface area contributed by atoms with Gasteiger partial charge in [-0.25, -0.2) is 15.0 Å². The highest BCUT2D eigenvalue weighted by molar-refractivity contribution is 6.09. The van der Waals surface area contributed by atoms with Gasteiger partial charge in [0.25, 0.3) is 0 Å². The Morgan fingerprint density at radius 2 is 1.91 bits per heavy atom. The van der Waals surface area contributed by atoms with E-state index in [4.69, 9.17) is 15.5 Å². The Kier molecular flexibility index (Phi) is 9.87. The van der Waals surface area contributed by atoms with Crippen LogP contribution < -0.4 is 10.6 Å². The van der Waals surface area contributed by atoms with Crippen LogP contribution in [0.1, 0.15) is 57.5 Å². The molecule has 0 saturated carbocycles. The largest absolute Gasteiger partial charge is 0.471 e. The summed E-state index contributed by atoms with van der Waals surface area (Å²) in [6, 6.07) is 5.94. The summed E-state index contributed by atoms with van der Waals surface area (Å²) in [5, 5.41) is 0. The monoisotopic (exact) mass is 476 g/mol. The van der Waals surface area contributed by atoms with Gasteiger partial charge in [0.1, 0.15) is 18.3 Å². The van der Waals surface area contributed by atoms with Gasteiger partial charge in [-0.05, 0) is 63.5 Å². The quantitative estimate of drug-likeness (QED) is 0.235. The first-order valence-electron chi connectivity index (χ1n) is 11.5. The maximum atomic E-state index is 12.2. The number of amides is 1. The fraction of sp³-hybridized carbons (Fsp3) is 0.370. The third-order valence-corrected chi connectivity index (χ3v) is 5.21. The molecule has 1 aromatic heterocycles. The number of anilines is 1. The average molecular weight is 477 g/mol. The molecule has 8 nitrogen and oxygen atoms in total. The smallest absolute Gasteiger partial charge is 0.219 e. The number of carbonyl (C=O) groups is 1. The zero-order chi connectivity index (χ0) is 26.1. The molecule has 0 radical (unpaired) electrons. The Hall–Kier alpha value is -3.81. The topological polar surface area (TPSA) is 106 Å². The molecule has 1 aromatic carbocycles. The molecular weight excluding hydrogens is 440 g/mol. The molecule has 0 atom stereocenters. The molecular formula is C27H36N6O2. The number of amidine groups is 1. The van der Waals surface area contributed by atoms with Crippen molar-refractivity contribution < 1.29 is 9.53 Å². The highest BCUT2D eigenvalue weighted by atomic mass is 16.5. The molecule has 0 fully saturated rings. The van der Waals surface area contributed by atoms with E-state index in [2.05, 4.69) is 28.8 Å². The number of nitrogens with zero attached hydrogens (tertiary/aromatic N) is 5. The Labute approximate surface area is 208 Å². The van der Waals surface area contributed by atoms with E-state index in [1.165, 1.54) is 4.90 Å². The second-order valence-electron chi connectivity index (χ2n) is 8.79. The number of hydrogen-bond acceptors (Lipinski definition) is 7. The van der Waals surface area contributed by atoms with E-state index >= 15 is 0 Å². The van der Waals surface area contributed by atoms with Gasteiger partial charge >= 0.3 is 0 Å². The van der Waals surface area contributed by atoms with Crippen LogP contribution in [0, 0.1) is 13.8 Å². The number of benzene rings is 1. The lowest BCUT2D eigenvalue weighted by Crippen LogP contribution is -2.28. The fourth-order valence-electron chi connectivity index (χ4n) is 3.21. The van der Waals surface area contributed by atoms with Gasteiger partial charge in [-0.1, -0.05) is 26.0 Å². The summed E-state index contributed by atoms with van der Waals surface area (Å²) in [6.07, 6.45) is 5.87. The lowest BCUT2D eigenvalue weighted by Gasteiger charge is -2.21. The second-order valence-corrected chi connectivity index (χ2v) is 8.79. The minimum absolute atomic E-state index is 0.157. The van der Waals surface area contributed by atoms with Crippen molar-refractivity contribution in [2.24, 2.45) is 15.7 Å². The Morgan fingerprint density at radius 1 is 1.20 bits per heavy atom. The highest BCUT2D eigenvalue weighted by Gasteiger charge is 2.16. The van der Waals surface area contributed by atoms with Gasteiger partial charge in [0.15, 0.2) is 0 Å². The van der Waals surface area contributed by atoms with Crippen LogP contribution in [-0.4, -0.2) is 42.1 Å². The molecule has 0 spiro atoms. The van der Waals surface area contributed by atoms with Crippen molar-refractivity contribution in [2.75, 3.05) is 18.6 Å². The Morgan fingerprint density at radius 3 is 2.51 bits per heavy atom. The number of nitrogens with two attached hydrogens (primary N) is 1. The number of carbonyl (C=O) groups excluding carboxylic acids is 1. The normalized spacial score (nSPS) is 12.3. The zero-order valence-corrected chi connectivity index (χ0v) is 22.0. The van der Waals surface area contributed by atoms with Crippen LogP contribution in [0.3, 0.4) is 0 Å². The first kappa shape index (κ1) is 27.4. The van der Waals surface area contributed by atoms with Gasteiger partial charge in [0, 0.05) is 36.6 Å². The van der Waals surface area contributed by atoms with E-state index in [9.17, 15) is 4.79 Å². The van der Waals surface area contributed by atoms with Gasteiger partial charge in [0.2, 0.25) is 12.3 Å². The van der Waals surface area contributed by atoms with Crippen LogP contribution in [0.15, 0.2) is 57.6 Å². The third-order valence-electron chi connectivity index (χ3n) is 5.21. The van der Waals surface area contributed by atoms with Crippen LogP contribution >= 0.6 is 0 Å². The number of ether oxygens (including phenoxy) is 1. The van der Waals surface area contributed by atoms with Crippen LogP contribution in [0.2, 0.25) is 0 Å². The standard InChI is InChI=1S/C27H36N6O2/c1-17(2)26-30-14-20(6)25(32-26)22-10-9-19(5)24(13-22)33(16-34)21(7)31-27(18(3)4)35-15-23(28)11-12-29-8/h9-14,16-17H,15,28H2,1-8H3/b23-11-,29-12?,31-21-. The first-order chi connectivity index (χ1) is 16.6. The van der Waals surface area contributed by atoms with Gasteiger partial charge in [-0.2, -0.15) is 0 Å². The van der Waals surface area contributed by atoms with E-state index < -0.39 is 0 Å². The van der Waals surface area contributed by atoms with E-state index in [1.54, 1.807) is 26.3 Å². The molecule has 0 unspecified atom stereocenters. The highest BCUT2D eigenvalue weighted by Crippen LogP contribution is 2.29.